The summed E-state index contributed by atoms with van der Waals surface area (Å²) in [6.07, 6.45) is 0.763. The van der Waals surface area contributed by atoms with Crippen LogP contribution >= 0.6 is 0 Å². The Kier molecular flexibility index (Phi) is 3.73. The van der Waals surface area contributed by atoms with E-state index in [0.29, 0.717) is 19.0 Å². The molecule has 2 N–H and O–H groups in total. The molecule has 7 nitrogen and oxygen atoms in total. The molecule has 1 atom stereocenters. The summed E-state index contributed by atoms with van der Waals surface area (Å²) in [6.45, 7) is 5.02. The zero-order chi connectivity index (χ0) is 13.1. The van der Waals surface area contributed by atoms with Crippen LogP contribution < -0.4 is 5.56 Å². The van der Waals surface area contributed by atoms with Crippen molar-refractivity contribution < 1.29 is 14.6 Å². The largest absolute Gasteiger partial charge is 0.477 e. The van der Waals surface area contributed by atoms with Gasteiger partial charge in [0.1, 0.15) is 17.5 Å². The highest BCUT2D eigenvalue weighted by molar-refractivity contribution is 5.86. The predicted molar refractivity (Wildman–Crippen MR) is 62.6 cm³/mol. The number of rotatable bonds is 3. The molecule has 1 unspecified atom stereocenters. The fraction of sp³-hybridized carbons (Fsp3) is 0.545. The summed E-state index contributed by atoms with van der Waals surface area (Å²) < 4.78 is 5.53. The number of carboxylic acids is 1. The van der Waals surface area contributed by atoms with E-state index in [1.54, 1.807) is 0 Å². The van der Waals surface area contributed by atoms with Crippen molar-refractivity contribution in [2.75, 3.05) is 26.2 Å². The molecule has 18 heavy (non-hydrogen) atoms. The van der Waals surface area contributed by atoms with Crippen LogP contribution in [0, 0.1) is 0 Å². The standard InChI is InChI=1S/C11H15N3O4/c1-2-14-3-4-18-8(6-14)9-12-5-7(11(16)17)10(15)13-9/h5,8H,2-4,6H2,1H3,(H,16,17)(H,12,13,15). The highest BCUT2D eigenvalue weighted by atomic mass is 16.5. The van der Waals surface area contributed by atoms with E-state index in [1.807, 2.05) is 6.92 Å². The van der Waals surface area contributed by atoms with E-state index < -0.39 is 11.5 Å². The van der Waals surface area contributed by atoms with Crippen molar-refractivity contribution >= 4 is 5.97 Å². The lowest BCUT2D eigenvalue weighted by Gasteiger charge is -2.31. The van der Waals surface area contributed by atoms with Gasteiger partial charge in [-0.25, -0.2) is 9.78 Å². The molecular formula is C11H15N3O4. The Hall–Kier alpha value is -1.73. The Balaban J connectivity index is 2.21. The molecule has 2 rings (SSSR count). The molecule has 0 aromatic carbocycles. The average Bonchev–Trinajstić information content (AvgIpc) is 2.38. The summed E-state index contributed by atoms with van der Waals surface area (Å²) in [6, 6.07) is 0. The van der Waals surface area contributed by atoms with Crippen LogP contribution in [0.4, 0.5) is 0 Å². The number of aromatic amines is 1. The minimum absolute atomic E-state index is 0.311. The normalized spacial score (nSPS) is 20.8. The van der Waals surface area contributed by atoms with E-state index in [0.717, 1.165) is 19.3 Å². The first-order valence-corrected chi connectivity index (χ1v) is 5.78. The van der Waals surface area contributed by atoms with Gasteiger partial charge in [0.2, 0.25) is 0 Å². The summed E-state index contributed by atoms with van der Waals surface area (Å²) in [7, 11) is 0. The molecule has 0 aliphatic carbocycles. The molecule has 0 saturated carbocycles. The molecular weight excluding hydrogens is 238 g/mol. The van der Waals surface area contributed by atoms with Crippen LogP contribution in [0.25, 0.3) is 0 Å². The number of hydrogen-bond acceptors (Lipinski definition) is 5. The zero-order valence-corrected chi connectivity index (χ0v) is 10.0. The highest BCUT2D eigenvalue weighted by Gasteiger charge is 2.23. The van der Waals surface area contributed by atoms with Crippen molar-refractivity contribution in [3.05, 3.63) is 27.9 Å². The van der Waals surface area contributed by atoms with Gasteiger partial charge >= 0.3 is 5.97 Å². The number of nitrogens with zero attached hydrogens (tertiary/aromatic N) is 2. The predicted octanol–water partition coefficient (Wildman–Crippen LogP) is -0.139. The smallest absolute Gasteiger partial charge is 0.342 e. The third kappa shape index (κ3) is 2.57. The van der Waals surface area contributed by atoms with Crippen LogP contribution in [0.2, 0.25) is 0 Å². The van der Waals surface area contributed by atoms with E-state index in [1.165, 1.54) is 0 Å². The minimum atomic E-state index is -1.28. The first-order chi connectivity index (χ1) is 8.61. The Bertz CT molecular complexity index is 499. The molecule has 1 aliphatic rings. The molecule has 1 aliphatic heterocycles. The quantitative estimate of drug-likeness (QED) is 0.778. The van der Waals surface area contributed by atoms with Gasteiger partial charge in [0.15, 0.2) is 0 Å². The van der Waals surface area contributed by atoms with Gasteiger partial charge in [-0.1, -0.05) is 6.92 Å². The monoisotopic (exact) mass is 253 g/mol. The number of H-pyrrole nitrogens is 1. The molecule has 0 bridgehead atoms. The molecule has 1 aromatic heterocycles. The van der Waals surface area contributed by atoms with Gasteiger partial charge in [-0.15, -0.1) is 0 Å². The van der Waals surface area contributed by atoms with Crippen LogP contribution in [0.15, 0.2) is 11.0 Å². The van der Waals surface area contributed by atoms with Crippen molar-refractivity contribution in [2.24, 2.45) is 0 Å². The average molecular weight is 253 g/mol. The van der Waals surface area contributed by atoms with Crippen molar-refractivity contribution in [1.82, 2.24) is 14.9 Å². The lowest BCUT2D eigenvalue weighted by atomic mass is 10.2. The van der Waals surface area contributed by atoms with E-state index in [4.69, 9.17) is 9.84 Å². The fourth-order valence-corrected chi connectivity index (χ4v) is 1.88. The zero-order valence-electron chi connectivity index (χ0n) is 10.0. The van der Waals surface area contributed by atoms with Crippen LogP contribution in [-0.4, -0.2) is 52.2 Å². The Morgan fingerprint density at radius 2 is 2.50 bits per heavy atom. The first kappa shape index (κ1) is 12.7. The van der Waals surface area contributed by atoms with E-state index in [2.05, 4.69) is 14.9 Å². The van der Waals surface area contributed by atoms with Crippen molar-refractivity contribution in [2.45, 2.75) is 13.0 Å². The molecule has 1 saturated heterocycles. The van der Waals surface area contributed by atoms with Crippen LogP contribution in [0.5, 0.6) is 0 Å². The topological polar surface area (TPSA) is 95.5 Å². The van der Waals surface area contributed by atoms with Gasteiger partial charge in [0.05, 0.1) is 6.61 Å². The number of ether oxygens (including phenoxy) is 1. The molecule has 98 valence electrons. The SMILES string of the molecule is CCN1CCOC(c2ncc(C(=O)O)c(=O)[nH]2)C1. The van der Waals surface area contributed by atoms with Crippen molar-refractivity contribution in [3.8, 4) is 0 Å². The second-order valence-electron chi connectivity index (χ2n) is 4.07. The second kappa shape index (κ2) is 5.28. The molecule has 0 amide bonds. The number of hydrogen-bond donors (Lipinski definition) is 2. The summed E-state index contributed by atoms with van der Waals surface area (Å²) >= 11 is 0. The summed E-state index contributed by atoms with van der Waals surface area (Å²) in [5.74, 6) is -0.904. The van der Waals surface area contributed by atoms with E-state index >= 15 is 0 Å². The number of carbonyl (C=O) groups is 1. The molecule has 0 spiro atoms. The van der Waals surface area contributed by atoms with Gasteiger partial charge in [-0.3, -0.25) is 9.69 Å². The molecule has 1 aromatic rings. The first-order valence-electron chi connectivity index (χ1n) is 5.78. The van der Waals surface area contributed by atoms with Crippen LogP contribution in [0.3, 0.4) is 0 Å². The van der Waals surface area contributed by atoms with E-state index in [-0.39, 0.29) is 11.7 Å². The number of likely N-dealkylation sites (N-methyl/N-ethyl adjacent to an activating group) is 1. The summed E-state index contributed by atoms with van der Waals surface area (Å²) in [5, 5.41) is 8.75. The van der Waals surface area contributed by atoms with Gasteiger partial charge < -0.3 is 14.8 Å². The highest BCUT2D eigenvalue weighted by Crippen LogP contribution is 2.17. The van der Waals surface area contributed by atoms with Gasteiger partial charge in [0.25, 0.3) is 5.56 Å². The minimum Gasteiger partial charge on any atom is -0.477 e. The lowest BCUT2D eigenvalue weighted by Crippen LogP contribution is -2.39. The maximum absolute atomic E-state index is 11.5. The Morgan fingerprint density at radius 1 is 1.72 bits per heavy atom. The van der Waals surface area contributed by atoms with Crippen molar-refractivity contribution in [1.29, 1.82) is 0 Å². The van der Waals surface area contributed by atoms with Crippen LogP contribution in [0.1, 0.15) is 29.2 Å². The van der Waals surface area contributed by atoms with Gasteiger partial charge in [-0.2, -0.15) is 0 Å². The number of aromatic carboxylic acids is 1. The molecule has 1 fully saturated rings. The Morgan fingerprint density at radius 3 is 3.11 bits per heavy atom. The third-order valence-electron chi connectivity index (χ3n) is 2.95. The van der Waals surface area contributed by atoms with Crippen molar-refractivity contribution in [3.63, 3.8) is 0 Å². The number of nitrogens with one attached hydrogen (secondary N) is 1. The third-order valence-corrected chi connectivity index (χ3v) is 2.95. The lowest BCUT2D eigenvalue weighted by molar-refractivity contribution is -0.0327. The number of aromatic nitrogens is 2. The summed E-state index contributed by atoms with van der Waals surface area (Å²) in [4.78, 5) is 30.9. The second-order valence-corrected chi connectivity index (χ2v) is 4.07. The Labute approximate surface area is 103 Å². The number of morpholine rings is 1. The van der Waals surface area contributed by atoms with Gasteiger partial charge in [0, 0.05) is 19.3 Å². The fourth-order valence-electron chi connectivity index (χ4n) is 1.88. The van der Waals surface area contributed by atoms with Crippen LogP contribution in [-0.2, 0) is 4.74 Å². The molecule has 0 radical (unpaired) electrons. The summed E-state index contributed by atoms with van der Waals surface area (Å²) in [5.41, 5.74) is -1.01. The molecule has 2 heterocycles. The van der Waals surface area contributed by atoms with E-state index in [9.17, 15) is 9.59 Å². The number of carboxylic acid groups (broad SMARTS) is 1. The van der Waals surface area contributed by atoms with Gasteiger partial charge in [-0.05, 0) is 6.54 Å². The molecule has 7 heteroatoms. The maximum Gasteiger partial charge on any atom is 0.342 e. The maximum atomic E-state index is 11.5.